The molecular formula is C18H20N4O2. The highest BCUT2D eigenvalue weighted by Gasteiger charge is 2.27. The van der Waals surface area contributed by atoms with Gasteiger partial charge in [0.05, 0.1) is 5.69 Å². The van der Waals surface area contributed by atoms with E-state index in [9.17, 15) is 4.79 Å². The van der Waals surface area contributed by atoms with Gasteiger partial charge in [0.25, 0.3) is 5.91 Å². The number of fused-ring (bicyclic) bond motifs is 1. The summed E-state index contributed by atoms with van der Waals surface area (Å²) in [5, 5.41) is 5.10. The van der Waals surface area contributed by atoms with E-state index in [0.29, 0.717) is 30.6 Å². The van der Waals surface area contributed by atoms with Crippen LogP contribution in [-0.2, 0) is 0 Å². The van der Waals surface area contributed by atoms with Gasteiger partial charge in [0.2, 0.25) is 5.88 Å². The van der Waals surface area contributed by atoms with Crippen LogP contribution >= 0.6 is 0 Å². The number of carbonyl (C=O) groups excluding carboxylic acids is 1. The Morgan fingerprint density at radius 2 is 2.12 bits per heavy atom. The molecule has 0 saturated carbocycles. The lowest BCUT2D eigenvalue weighted by molar-refractivity contribution is 0.0706. The molecule has 3 N–H and O–H groups in total. The molecule has 1 aliphatic heterocycles. The summed E-state index contributed by atoms with van der Waals surface area (Å²) in [7, 11) is 0. The number of hydrogen-bond donors (Lipinski definition) is 2. The van der Waals surface area contributed by atoms with E-state index in [4.69, 9.17) is 10.3 Å². The van der Waals surface area contributed by atoms with Crippen molar-refractivity contribution < 1.29 is 9.32 Å². The summed E-state index contributed by atoms with van der Waals surface area (Å²) >= 11 is 0. The molecule has 2 aromatic heterocycles. The molecule has 1 aromatic carbocycles. The van der Waals surface area contributed by atoms with Crippen LogP contribution in [0.3, 0.4) is 0 Å². The van der Waals surface area contributed by atoms with Gasteiger partial charge >= 0.3 is 0 Å². The predicted octanol–water partition coefficient (Wildman–Crippen LogP) is 3.07. The first-order valence-electron chi connectivity index (χ1n) is 8.21. The normalized spacial score (nSPS) is 16.0. The maximum absolute atomic E-state index is 12.8. The summed E-state index contributed by atoms with van der Waals surface area (Å²) in [5.41, 5.74) is 9.31. The molecule has 0 aliphatic carbocycles. The van der Waals surface area contributed by atoms with Crippen LogP contribution < -0.4 is 5.73 Å². The van der Waals surface area contributed by atoms with Crippen molar-refractivity contribution >= 4 is 22.7 Å². The molecule has 0 unspecified atom stereocenters. The van der Waals surface area contributed by atoms with Gasteiger partial charge < -0.3 is 20.1 Å². The molecule has 24 heavy (non-hydrogen) atoms. The van der Waals surface area contributed by atoms with Crippen LogP contribution in [0.2, 0.25) is 0 Å². The number of rotatable bonds is 2. The Balaban J connectivity index is 1.48. The van der Waals surface area contributed by atoms with Crippen molar-refractivity contribution in [2.24, 2.45) is 0 Å². The topological polar surface area (TPSA) is 88.2 Å². The highest BCUT2D eigenvalue weighted by Crippen LogP contribution is 2.29. The minimum Gasteiger partial charge on any atom is -0.368 e. The first-order valence-corrected chi connectivity index (χ1v) is 8.21. The van der Waals surface area contributed by atoms with Gasteiger partial charge in [-0.3, -0.25) is 4.79 Å². The van der Waals surface area contributed by atoms with Crippen molar-refractivity contribution in [3.8, 4) is 0 Å². The number of nitrogens with two attached hydrogens (primary N) is 1. The zero-order valence-electron chi connectivity index (χ0n) is 13.6. The van der Waals surface area contributed by atoms with Crippen molar-refractivity contribution in [3.05, 3.63) is 47.3 Å². The summed E-state index contributed by atoms with van der Waals surface area (Å²) < 4.78 is 4.95. The highest BCUT2D eigenvalue weighted by molar-refractivity contribution is 5.98. The van der Waals surface area contributed by atoms with Crippen LogP contribution in [0, 0.1) is 6.92 Å². The lowest BCUT2D eigenvalue weighted by atomic mass is 9.93. The van der Waals surface area contributed by atoms with Crippen molar-refractivity contribution in [2.75, 3.05) is 18.8 Å². The molecule has 6 heteroatoms. The first kappa shape index (κ1) is 14.8. The number of carbonyl (C=O) groups is 1. The third-order valence-corrected chi connectivity index (χ3v) is 4.86. The molecule has 1 aliphatic rings. The number of benzene rings is 1. The minimum absolute atomic E-state index is 0.0590. The quantitative estimate of drug-likeness (QED) is 0.758. The lowest BCUT2D eigenvalue weighted by Gasteiger charge is -2.30. The van der Waals surface area contributed by atoms with Crippen LogP contribution in [0.5, 0.6) is 0 Å². The maximum atomic E-state index is 12.8. The molecule has 124 valence electrons. The molecule has 1 saturated heterocycles. The van der Waals surface area contributed by atoms with Gasteiger partial charge in [-0.2, -0.15) is 0 Å². The van der Waals surface area contributed by atoms with Crippen molar-refractivity contribution in [1.29, 1.82) is 0 Å². The number of H-pyrrole nitrogens is 1. The number of likely N-dealkylation sites (tertiary alicyclic amines) is 1. The van der Waals surface area contributed by atoms with Crippen LogP contribution in [0.15, 0.2) is 34.9 Å². The summed E-state index contributed by atoms with van der Waals surface area (Å²) in [4.78, 5) is 17.9. The average molecular weight is 324 g/mol. The summed E-state index contributed by atoms with van der Waals surface area (Å²) in [5.74, 6) is 0.709. The Labute approximate surface area is 139 Å². The molecule has 0 radical (unpaired) electrons. The van der Waals surface area contributed by atoms with Gasteiger partial charge in [-0.1, -0.05) is 17.3 Å². The fourth-order valence-corrected chi connectivity index (χ4v) is 3.47. The molecule has 0 bridgehead atoms. The average Bonchev–Trinajstić information content (AvgIpc) is 3.21. The Bertz CT molecular complexity index is 887. The number of nitrogens with zero attached hydrogens (tertiary/aromatic N) is 2. The number of nitrogen functional groups attached to an aromatic ring is 1. The molecule has 3 aromatic rings. The smallest absolute Gasteiger partial charge is 0.270 e. The first-order chi connectivity index (χ1) is 11.6. The van der Waals surface area contributed by atoms with E-state index in [2.05, 4.69) is 23.1 Å². The number of hydrogen-bond acceptors (Lipinski definition) is 4. The Morgan fingerprint density at radius 1 is 1.33 bits per heavy atom. The lowest BCUT2D eigenvalue weighted by Crippen LogP contribution is -2.38. The van der Waals surface area contributed by atoms with Gasteiger partial charge in [0, 0.05) is 36.0 Å². The predicted molar refractivity (Wildman–Crippen MR) is 91.8 cm³/mol. The van der Waals surface area contributed by atoms with E-state index in [1.165, 1.54) is 5.56 Å². The SMILES string of the molecule is Cc1cccc2[nH]c(C(=O)N3CCC(c4cc(N)on4)CC3)cc12. The van der Waals surface area contributed by atoms with E-state index < -0.39 is 0 Å². The molecule has 0 atom stereocenters. The zero-order valence-corrected chi connectivity index (χ0v) is 13.6. The molecule has 3 heterocycles. The van der Waals surface area contributed by atoms with Gasteiger partial charge in [0.15, 0.2) is 0 Å². The number of amides is 1. The second-order valence-corrected chi connectivity index (χ2v) is 6.44. The number of aromatic amines is 1. The standard InChI is InChI=1S/C18H20N4O2/c1-11-3-2-4-14-13(11)9-16(20-14)18(23)22-7-5-12(6-8-22)15-10-17(19)24-21-15/h2-4,9-10,12,20H,5-8,19H2,1H3. The number of aryl methyl sites for hydroxylation is 1. The van der Waals surface area contributed by atoms with E-state index in [-0.39, 0.29) is 5.91 Å². The van der Waals surface area contributed by atoms with Gasteiger partial charge in [-0.25, -0.2) is 0 Å². The van der Waals surface area contributed by atoms with Crippen molar-refractivity contribution in [1.82, 2.24) is 15.0 Å². The third-order valence-electron chi connectivity index (χ3n) is 4.86. The van der Waals surface area contributed by atoms with Crippen LogP contribution in [-0.4, -0.2) is 34.0 Å². The molecule has 0 spiro atoms. The van der Waals surface area contributed by atoms with E-state index in [1.807, 2.05) is 23.1 Å². The monoisotopic (exact) mass is 324 g/mol. The van der Waals surface area contributed by atoms with Crippen molar-refractivity contribution in [3.63, 3.8) is 0 Å². The maximum Gasteiger partial charge on any atom is 0.270 e. The van der Waals surface area contributed by atoms with Crippen LogP contribution in [0.1, 0.15) is 40.5 Å². The fraction of sp³-hybridized carbons (Fsp3) is 0.333. The number of aromatic nitrogens is 2. The molecule has 6 nitrogen and oxygen atoms in total. The molecule has 4 rings (SSSR count). The second kappa shape index (κ2) is 5.70. The summed E-state index contributed by atoms with van der Waals surface area (Å²) in [6, 6.07) is 9.79. The minimum atomic E-state index is 0.0590. The highest BCUT2D eigenvalue weighted by atomic mass is 16.5. The molecular weight excluding hydrogens is 304 g/mol. The van der Waals surface area contributed by atoms with Crippen LogP contribution in [0.4, 0.5) is 5.88 Å². The molecule has 1 fully saturated rings. The van der Waals surface area contributed by atoms with Gasteiger partial charge in [0.1, 0.15) is 5.69 Å². The second-order valence-electron chi connectivity index (χ2n) is 6.44. The summed E-state index contributed by atoms with van der Waals surface area (Å²) in [6.07, 6.45) is 1.74. The number of anilines is 1. The largest absolute Gasteiger partial charge is 0.368 e. The summed E-state index contributed by atoms with van der Waals surface area (Å²) in [6.45, 7) is 3.48. The van der Waals surface area contributed by atoms with E-state index in [0.717, 1.165) is 29.4 Å². The Hall–Kier alpha value is -2.76. The Morgan fingerprint density at radius 3 is 2.79 bits per heavy atom. The van der Waals surface area contributed by atoms with E-state index >= 15 is 0 Å². The van der Waals surface area contributed by atoms with Crippen molar-refractivity contribution in [2.45, 2.75) is 25.7 Å². The number of piperidine rings is 1. The molecule has 1 amide bonds. The number of nitrogens with one attached hydrogen (secondary N) is 1. The van der Waals surface area contributed by atoms with Gasteiger partial charge in [-0.15, -0.1) is 0 Å². The van der Waals surface area contributed by atoms with Gasteiger partial charge in [-0.05, 0) is 37.5 Å². The van der Waals surface area contributed by atoms with E-state index in [1.54, 1.807) is 6.07 Å². The van der Waals surface area contributed by atoms with Crippen LogP contribution in [0.25, 0.3) is 10.9 Å². The zero-order chi connectivity index (χ0) is 16.7. The fourth-order valence-electron chi connectivity index (χ4n) is 3.47. The Kier molecular flexibility index (Phi) is 3.52. The third kappa shape index (κ3) is 2.54.